The Kier molecular flexibility index (Phi) is 5.05. The minimum Gasteiger partial charge on any atom is -0.482 e. The lowest BCUT2D eigenvalue weighted by Crippen LogP contribution is -2.49. The number of carbonyl (C=O) groups is 1. The molecule has 32 heavy (non-hydrogen) atoms. The van der Waals surface area contributed by atoms with Crippen LogP contribution in [0, 0.1) is 5.92 Å². The van der Waals surface area contributed by atoms with E-state index in [4.69, 9.17) is 4.74 Å². The van der Waals surface area contributed by atoms with Gasteiger partial charge in [-0.1, -0.05) is 38.1 Å². The molecule has 1 spiro atoms. The Balaban J connectivity index is 1.35. The fourth-order valence-corrected chi connectivity index (χ4v) is 4.94. The lowest BCUT2D eigenvalue weighted by atomic mass is 9.81. The molecule has 1 N–H and O–H groups in total. The number of fused-ring (bicyclic) bond motifs is 4. The van der Waals surface area contributed by atoms with E-state index in [9.17, 15) is 9.90 Å². The second kappa shape index (κ2) is 7.78. The Morgan fingerprint density at radius 2 is 1.78 bits per heavy atom. The molecule has 0 saturated carbocycles. The van der Waals surface area contributed by atoms with Crippen LogP contribution in [0.25, 0.3) is 11.3 Å². The molecule has 1 amide bonds. The van der Waals surface area contributed by atoms with Crippen LogP contribution < -0.4 is 4.74 Å². The van der Waals surface area contributed by atoms with Gasteiger partial charge in [0.1, 0.15) is 11.4 Å². The van der Waals surface area contributed by atoms with Crippen molar-refractivity contribution in [3.8, 4) is 17.0 Å². The normalized spacial score (nSPS) is 17.6. The molecule has 2 aliphatic rings. The molecule has 2 aliphatic heterocycles. The fraction of sp³-hybridized carbons (Fsp3) is 0.385. The summed E-state index contributed by atoms with van der Waals surface area (Å²) in [6.07, 6.45) is 2.84. The number of carbonyl (C=O) groups excluding carboxylic acids is 1. The maximum atomic E-state index is 13.1. The zero-order valence-corrected chi connectivity index (χ0v) is 18.8. The molecule has 0 aliphatic carbocycles. The van der Waals surface area contributed by atoms with Gasteiger partial charge in [0.2, 0.25) is 0 Å². The molecule has 1 unspecified atom stereocenters. The summed E-state index contributed by atoms with van der Waals surface area (Å²) in [4.78, 5) is 15.0. The molecule has 0 bridgehead atoms. The zero-order valence-electron chi connectivity index (χ0n) is 18.8. The zero-order chi connectivity index (χ0) is 22.5. The smallest absolute Gasteiger partial charge is 0.253 e. The van der Waals surface area contributed by atoms with Gasteiger partial charge in [-0.3, -0.25) is 9.48 Å². The Morgan fingerprint density at radius 3 is 2.47 bits per heavy atom. The topological polar surface area (TPSA) is 67.6 Å². The van der Waals surface area contributed by atoms with Crippen LogP contribution in [-0.2, 0) is 12.6 Å². The molecule has 6 nitrogen and oxygen atoms in total. The lowest BCUT2D eigenvalue weighted by Gasteiger charge is -2.44. The molecule has 1 fully saturated rings. The van der Waals surface area contributed by atoms with E-state index >= 15 is 0 Å². The Bertz CT molecular complexity index is 1140. The minimum absolute atomic E-state index is 0.0213. The number of aliphatic hydroxyl groups excluding tert-OH is 1. The molecule has 5 rings (SSSR count). The third-order valence-corrected chi connectivity index (χ3v) is 6.87. The van der Waals surface area contributed by atoms with Crippen LogP contribution in [0.3, 0.4) is 0 Å². The van der Waals surface area contributed by atoms with Gasteiger partial charge in [-0.25, -0.2) is 0 Å². The van der Waals surface area contributed by atoms with E-state index < -0.39 is 11.7 Å². The van der Waals surface area contributed by atoms with Gasteiger partial charge in [0.15, 0.2) is 0 Å². The maximum Gasteiger partial charge on any atom is 0.253 e. The van der Waals surface area contributed by atoms with Crippen LogP contribution in [-0.4, -0.2) is 38.8 Å². The van der Waals surface area contributed by atoms with Crippen molar-refractivity contribution in [2.75, 3.05) is 13.1 Å². The summed E-state index contributed by atoms with van der Waals surface area (Å²) >= 11 is 0. The monoisotopic (exact) mass is 431 g/mol. The molecule has 3 heterocycles. The standard InChI is InChI=1S/C26H29N3O3/c1-17(2)24(30)18-8-10-19(11-9-18)25(31)29-14-12-26(13-15-29)21-16-27-28(3)23(21)20-6-4-5-7-22(20)32-26/h4-11,16-17,24,30H,12-15H2,1-3H3. The average molecular weight is 432 g/mol. The number of ether oxygens (including phenoxy) is 1. The SMILES string of the molecule is CC(C)C(O)c1ccc(C(=O)N2CCC3(CC2)Oc2ccccc2-c2c3cnn2C)cc1. The third-order valence-electron chi connectivity index (χ3n) is 6.87. The highest BCUT2D eigenvalue weighted by Gasteiger charge is 2.45. The molecular formula is C26H29N3O3. The molecule has 1 aromatic heterocycles. The fourth-order valence-electron chi connectivity index (χ4n) is 4.94. The van der Waals surface area contributed by atoms with E-state index in [1.807, 2.05) is 79.1 Å². The number of nitrogens with zero attached hydrogens (tertiary/aromatic N) is 3. The third kappa shape index (κ3) is 3.30. The summed E-state index contributed by atoms with van der Waals surface area (Å²) < 4.78 is 8.50. The Labute approximate surface area is 188 Å². The number of para-hydroxylation sites is 1. The van der Waals surface area contributed by atoms with Gasteiger partial charge in [0.25, 0.3) is 5.91 Å². The second-order valence-corrected chi connectivity index (χ2v) is 9.23. The number of aromatic nitrogens is 2. The van der Waals surface area contributed by atoms with E-state index in [1.54, 1.807) is 0 Å². The Hall–Kier alpha value is -3.12. The van der Waals surface area contributed by atoms with Crippen molar-refractivity contribution in [2.24, 2.45) is 13.0 Å². The molecule has 6 heteroatoms. The molecule has 3 aromatic rings. The summed E-state index contributed by atoms with van der Waals surface area (Å²) in [7, 11) is 1.97. The van der Waals surface area contributed by atoms with E-state index in [1.165, 1.54) is 0 Å². The number of hydrogen-bond acceptors (Lipinski definition) is 4. The van der Waals surface area contributed by atoms with Crippen molar-refractivity contribution in [3.05, 3.63) is 71.4 Å². The van der Waals surface area contributed by atoms with E-state index in [2.05, 4.69) is 11.2 Å². The second-order valence-electron chi connectivity index (χ2n) is 9.23. The van der Waals surface area contributed by atoms with Crippen molar-refractivity contribution < 1.29 is 14.6 Å². The van der Waals surface area contributed by atoms with Crippen LogP contribution in [0.4, 0.5) is 0 Å². The van der Waals surface area contributed by atoms with Crippen LogP contribution >= 0.6 is 0 Å². The molecule has 2 aromatic carbocycles. The van der Waals surface area contributed by atoms with E-state index in [0.29, 0.717) is 18.7 Å². The molecule has 1 saturated heterocycles. The summed E-state index contributed by atoms with van der Waals surface area (Å²) in [5, 5.41) is 14.8. The first-order chi connectivity index (χ1) is 15.4. The van der Waals surface area contributed by atoms with Gasteiger partial charge < -0.3 is 14.7 Å². The van der Waals surface area contributed by atoms with E-state index in [0.717, 1.165) is 41.0 Å². The number of aryl methyl sites for hydroxylation is 1. The summed E-state index contributed by atoms with van der Waals surface area (Å²) in [5.74, 6) is 1.03. The van der Waals surface area contributed by atoms with Gasteiger partial charge >= 0.3 is 0 Å². The highest BCUT2D eigenvalue weighted by molar-refractivity contribution is 5.94. The average Bonchev–Trinajstić information content (AvgIpc) is 3.21. The van der Waals surface area contributed by atoms with E-state index in [-0.39, 0.29) is 11.8 Å². The van der Waals surface area contributed by atoms with Crippen LogP contribution in [0.1, 0.15) is 54.3 Å². The van der Waals surface area contributed by atoms with Crippen molar-refractivity contribution in [3.63, 3.8) is 0 Å². The molecule has 0 radical (unpaired) electrons. The predicted molar refractivity (Wildman–Crippen MR) is 122 cm³/mol. The van der Waals surface area contributed by atoms with Crippen molar-refractivity contribution in [2.45, 2.75) is 38.4 Å². The number of amides is 1. The van der Waals surface area contributed by atoms with Crippen LogP contribution in [0.15, 0.2) is 54.7 Å². The first-order valence-corrected chi connectivity index (χ1v) is 11.3. The molecule has 1 atom stereocenters. The van der Waals surface area contributed by atoms with Crippen molar-refractivity contribution >= 4 is 5.91 Å². The van der Waals surface area contributed by atoms with Gasteiger partial charge in [-0.15, -0.1) is 0 Å². The first-order valence-electron chi connectivity index (χ1n) is 11.3. The van der Waals surface area contributed by atoms with Gasteiger partial charge in [-0.2, -0.15) is 5.10 Å². The number of rotatable bonds is 3. The first kappa shape index (κ1) is 20.8. The molecule has 166 valence electrons. The number of hydrogen-bond donors (Lipinski definition) is 1. The van der Waals surface area contributed by atoms with Crippen molar-refractivity contribution in [1.82, 2.24) is 14.7 Å². The van der Waals surface area contributed by atoms with Crippen molar-refractivity contribution in [1.29, 1.82) is 0 Å². The molecular weight excluding hydrogens is 402 g/mol. The summed E-state index contributed by atoms with van der Waals surface area (Å²) in [5.41, 5.74) is 4.31. The number of piperidine rings is 1. The highest BCUT2D eigenvalue weighted by Crippen LogP contribution is 2.49. The van der Waals surface area contributed by atoms with Crippen LogP contribution in [0.2, 0.25) is 0 Å². The number of benzene rings is 2. The van der Waals surface area contributed by atoms with Gasteiger partial charge in [0.05, 0.1) is 18.0 Å². The Morgan fingerprint density at radius 1 is 1.09 bits per heavy atom. The quantitative estimate of drug-likeness (QED) is 0.671. The summed E-state index contributed by atoms with van der Waals surface area (Å²) in [6, 6.07) is 15.4. The highest BCUT2D eigenvalue weighted by atomic mass is 16.5. The maximum absolute atomic E-state index is 13.1. The van der Waals surface area contributed by atoms with Gasteiger partial charge in [-0.05, 0) is 35.7 Å². The largest absolute Gasteiger partial charge is 0.482 e. The predicted octanol–water partition coefficient (Wildman–Crippen LogP) is 4.30. The summed E-state index contributed by atoms with van der Waals surface area (Å²) in [6.45, 7) is 5.19. The number of aliphatic hydroxyl groups is 1. The number of likely N-dealkylation sites (tertiary alicyclic amines) is 1. The lowest BCUT2D eigenvalue weighted by molar-refractivity contribution is -0.00172. The van der Waals surface area contributed by atoms with Gasteiger partial charge in [0, 0.05) is 49.7 Å². The van der Waals surface area contributed by atoms with Crippen LogP contribution in [0.5, 0.6) is 5.75 Å². The minimum atomic E-state index is -0.519.